The van der Waals surface area contributed by atoms with Gasteiger partial charge in [0.15, 0.2) is 0 Å². The molecule has 0 aromatic heterocycles. The lowest BCUT2D eigenvalue weighted by Crippen LogP contribution is -2.33. The molecule has 116 valence electrons. The highest BCUT2D eigenvalue weighted by Gasteiger charge is 2.20. The van der Waals surface area contributed by atoms with Gasteiger partial charge in [-0.3, -0.25) is 4.79 Å². The second-order valence-electron chi connectivity index (χ2n) is 6.23. The molecule has 1 aliphatic carbocycles. The van der Waals surface area contributed by atoms with Gasteiger partial charge in [-0.05, 0) is 43.2 Å². The van der Waals surface area contributed by atoms with E-state index in [1.807, 2.05) is 18.2 Å². The molecule has 21 heavy (non-hydrogen) atoms. The number of rotatable bonds is 6. The van der Waals surface area contributed by atoms with Crippen LogP contribution in [0.25, 0.3) is 0 Å². The maximum atomic E-state index is 11.2. The number of hydrogen-bond acceptors (Lipinski definition) is 2. The van der Waals surface area contributed by atoms with Gasteiger partial charge in [0.05, 0.1) is 0 Å². The van der Waals surface area contributed by atoms with Crippen LogP contribution < -0.4 is 10.6 Å². The molecule has 0 spiro atoms. The van der Waals surface area contributed by atoms with Crippen molar-refractivity contribution in [2.75, 3.05) is 5.32 Å². The predicted octanol–water partition coefficient (Wildman–Crippen LogP) is 4.09. The van der Waals surface area contributed by atoms with Crippen LogP contribution in [0.2, 0.25) is 0 Å². The fourth-order valence-corrected chi connectivity index (χ4v) is 3.30. The van der Waals surface area contributed by atoms with Gasteiger partial charge >= 0.3 is 0 Å². The molecule has 1 saturated carbocycles. The Morgan fingerprint density at radius 2 is 1.90 bits per heavy atom. The zero-order valence-corrected chi connectivity index (χ0v) is 13.3. The second kappa shape index (κ2) is 8.18. The number of hydrogen-bond donors (Lipinski definition) is 2. The normalized spacial score (nSPS) is 22.0. The Morgan fingerprint density at radius 3 is 2.57 bits per heavy atom. The number of amides is 1. The van der Waals surface area contributed by atoms with Crippen molar-refractivity contribution < 1.29 is 4.79 Å². The summed E-state index contributed by atoms with van der Waals surface area (Å²) in [6.07, 6.45) is 7.99. The van der Waals surface area contributed by atoms with Crippen molar-refractivity contribution in [2.24, 2.45) is 5.92 Å². The predicted molar refractivity (Wildman–Crippen MR) is 88.2 cm³/mol. The Balaban J connectivity index is 1.82. The maximum absolute atomic E-state index is 11.2. The van der Waals surface area contributed by atoms with Crippen molar-refractivity contribution in [3.8, 4) is 0 Å². The minimum absolute atomic E-state index is 0.0116. The van der Waals surface area contributed by atoms with Crippen LogP contribution in [0.5, 0.6) is 0 Å². The van der Waals surface area contributed by atoms with E-state index in [0.29, 0.717) is 6.04 Å². The second-order valence-corrected chi connectivity index (χ2v) is 6.23. The first-order valence-corrected chi connectivity index (χ1v) is 8.28. The Morgan fingerprint density at radius 1 is 1.19 bits per heavy atom. The zero-order valence-electron chi connectivity index (χ0n) is 13.3. The van der Waals surface area contributed by atoms with Gasteiger partial charge in [0.25, 0.3) is 0 Å². The highest BCUT2D eigenvalue weighted by Crippen LogP contribution is 2.28. The largest absolute Gasteiger partial charge is 0.326 e. The molecule has 0 saturated heterocycles. The smallest absolute Gasteiger partial charge is 0.221 e. The summed E-state index contributed by atoms with van der Waals surface area (Å²) in [5, 5.41) is 6.57. The van der Waals surface area contributed by atoms with Crippen molar-refractivity contribution >= 4 is 11.6 Å². The van der Waals surface area contributed by atoms with Gasteiger partial charge in [-0.15, -0.1) is 0 Å². The van der Waals surface area contributed by atoms with E-state index in [0.717, 1.165) is 18.2 Å². The van der Waals surface area contributed by atoms with E-state index in [1.165, 1.54) is 44.1 Å². The Labute approximate surface area is 128 Å². The molecule has 1 aliphatic rings. The third-order valence-corrected chi connectivity index (χ3v) is 4.45. The third kappa shape index (κ3) is 5.16. The number of nitrogens with one attached hydrogen (secondary N) is 2. The SMILES string of the molecule is CCCC1CCC(NCc2ccccc2NC(C)=O)CC1. The fraction of sp³-hybridized carbons (Fsp3) is 0.611. The molecule has 1 amide bonds. The fourth-order valence-electron chi connectivity index (χ4n) is 3.30. The number of para-hydroxylation sites is 1. The molecule has 0 radical (unpaired) electrons. The van der Waals surface area contributed by atoms with Crippen LogP contribution in [0, 0.1) is 5.92 Å². The highest BCUT2D eigenvalue weighted by molar-refractivity contribution is 5.89. The van der Waals surface area contributed by atoms with Gasteiger partial charge in [0.1, 0.15) is 0 Å². The standard InChI is InChI=1S/C18H28N2O/c1-3-6-15-9-11-17(12-10-15)19-13-16-7-4-5-8-18(16)20-14(2)21/h4-5,7-8,15,17,19H,3,6,9-13H2,1-2H3,(H,20,21). The summed E-state index contributed by atoms with van der Waals surface area (Å²) in [4.78, 5) is 11.2. The van der Waals surface area contributed by atoms with E-state index in [-0.39, 0.29) is 5.91 Å². The maximum Gasteiger partial charge on any atom is 0.221 e. The van der Waals surface area contributed by atoms with E-state index >= 15 is 0 Å². The lowest BCUT2D eigenvalue weighted by molar-refractivity contribution is -0.114. The van der Waals surface area contributed by atoms with Crippen LogP contribution in [0.3, 0.4) is 0 Å². The molecule has 1 aromatic carbocycles. The van der Waals surface area contributed by atoms with Crippen molar-refractivity contribution in [1.29, 1.82) is 0 Å². The molecule has 1 aromatic rings. The van der Waals surface area contributed by atoms with Crippen molar-refractivity contribution in [2.45, 2.75) is 65.0 Å². The summed E-state index contributed by atoms with van der Waals surface area (Å²) >= 11 is 0. The summed E-state index contributed by atoms with van der Waals surface area (Å²) in [5.74, 6) is 0.933. The molecule has 0 aliphatic heterocycles. The summed E-state index contributed by atoms with van der Waals surface area (Å²) < 4.78 is 0. The topological polar surface area (TPSA) is 41.1 Å². The van der Waals surface area contributed by atoms with Crippen LogP contribution >= 0.6 is 0 Å². The third-order valence-electron chi connectivity index (χ3n) is 4.45. The molecule has 0 bridgehead atoms. The number of benzene rings is 1. The lowest BCUT2D eigenvalue weighted by atomic mass is 9.83. The van der Waals surface area contributed by atoms with Crippen molar-refractivity contribution in [3.63, 3.8) is 0 Å². The van der Waals surface area contributed by atoms with Crippen LogP contribution in [0.4, 0.5) is 5.69 Å². The molecular weight excluding hydrogens is 260 g/mol. The minimum atomic E-state index is -0.0116. The summed E-state index contributed by atoms with van der Waals surface area (Å²) in [5.41, 5.74) is 2.10. The molecule has 2 rings (SSSR count). The van der Waals surface area contributed by atoms with Crippen molar-refractivity contribution in [1.82, 2.24) is 5.32 Å². The molecule has 3 nitrogen and oxygen atoms in total. The van der Waals surface area contributed by atoms with Gasteiger partial charge in [-0.1, -0.05) is 38.0 Å². The molecule has 3 heteroatoms. The van der Waals surface area contributed by atoms with E-state index in [1.54, 1.807) is 6.92 Å². The summed E-state index contributed by atoms with van der Waals surface area (Å²) in [6.45, 7) is 4.67. The Kier molecular flexibility index (Phi) is 6.24. The minimum Gasteiger partial charge on any atom is -0.326 e. The van der Waals surface area contributed by atoms with Crippen LogP contribution in [0.1, 0.15) is 57.9 Å². The molecule has 0 atom stereocenters. The van der Waals surface area contributed by atoms with E-state index < -0.39 is 0 Å². The molecule has 0 heterocycles. The van der Waals surface area contributed by atoms with E-state index in [4.69, 9.17) is 0 Å². The van der Waals surface area contributed by atoms with E-state index in [9.17, 15) is 4.79 Å². The average Bonchev–Trinajstić information content (AvgIpc) is 2.48. The molecule has 0 unspecified atom stereocenters. The monoisotopic (exact) mass is 288 g/mol. The van der Waals surface area contributed by atoms with Crippen molar-refractivity contribution in [3.05, 3.63) is 29.8 Å². The van der Waals surface area contributed by atoms with E-state index in [2.05, 4.69) is 23.6 Å². The average molecular weight is 288 g/mol. The first-order valence-electron chi connectivity index (χ1n) is 8.28. The Hall–Kier alpha value is -1.35. The Bertz CT molecular complexity index is 450. The number of carbonyl (C=O) groups is 1. The van der Waals surface area contributed by atoms with Crippen LogP contribution in [0.15, 0.2) is 24.3 Å². The van der Waals surface area contributed by atoms with Crippen LogP contribution in [-0.2, 0) is 11.3 Å². The number of carbonyl (C=O) groups excluding carboxylic acids is 1. The van der Waals surface area contributed by atoms with Gasteiger partial charge in [0, 0.05) is 25.2 Å². The molecule has 2 N–H and O–H groups in total. The lowest BCUT2D eigenvalue weighted by Gasteiger charge is -2.29. The molecular formula is C18H28N2O. The first-order chi connectivity index (χ1) is 10.2. The summed E-state index contributed by atoms with van der Waals surface area (Å²) in [6, 6.07) is 8.67. The first kappa shape index (κ1) is 16.0. The number of anilines is 1. The zero-order chi connectivity index (χ0) is 15.1. The quantitative estimate of drug-likeness (QED) is 0.827. The van der Waals surface area contributed by atoms with Gasteiger partial charge in [-0.2, -0.15) is 0 Å². The summed E-state index contributed by atoms with van der Waals surface area (Å²) in [7, 11) is 0. The van der Waals surface area contributed by atoms with Crippen LogP contribution in [-0.4, -0.2) is 11.9 Å². The van der Waals surface area contributed by atoms with Gasteiger partial charge < -0.3 is 10.6 Å². The van der Waals surface area contributed by atoms with Gasteiger partial charge in [0.2, 0.25) is 5.91 Å². The molecule has 1 fully saturated rings. The van der Waals surface area contributed by atoms with Gasteiger partial charge in [-0.25, -0.2) is 0 Å². The highest BCUT2D eigenvalue weighted by atomic mass is 16.1.